The van der Waals surface area contributed by atoms with E-state index in [0.717, 1.165) is 0 Å². The minimum Gasteiger partial charge on any atom is -0.497 e. The second-order valence-electron chi connectivity index (χ2n) is 6.14. The maximum absolute atomic E-state index is 12.6. The smallest absolute Gasteiger partial charge is 0.259 e. The van der Waals surface area contributed by atoms with Gasteiger partial charge in [-0.05, 0) is 49.4 Å². The highest BCUT2D eigenvalue weighted by Gasteiger charge is 2.16. The molecule has 1 aromatic heterocycles. The second-order valence-corrected chi connectivity index (χ2v) is 6.14. The summed E-state index contributed by atoms with van der Waals surface area (Å²) in [5.74, 6) is 0.426. The van der Waals surface area contributed by atoms with Crippen LogP contribution in [0, 0.1) is 0 Å². The number of anilines is 2. The van der Waals surface area contributed by atoms with Crippen LogP contribution in [0.4, 0.5) is 11.4 Å². The molecule has 0 saturated heterocycles. The van der Waals surface area contributed by atoms with Crippen molar-refractivity contribution < 1.29 is 19.1 Å². The van der Waals surface area contributed by atoms with Gasteiger partial charge in [0.2, 0.25) is 5.91 Å². The van der Waals surface area contributed by atoms with Gasteiger partial charge in [-0.3, -0.25) is 9.59 Å². The monoisotopic (exact) mass is 395 g/mol. The van der Waals surface area contributed by atoms with Gasteiger partial charge in [0.15, 0.2) is 0 Å². The quantitative estimate of drug-likeness (QED) is 0.637. The maximum atomic E-state index is 12.6. The summed E-state index contributed by atoms with van der Waals surface area (Å²) in [6.07, 6.45) is 2.86. The van der Waals surface area contributed by atoms with Crippen LogP contribution in [-0.4, -0.2) is 40.8 Å². The fourth-order valence-electron chi connectivity index (χ4n) is 2.61. The van der Waals surface area contributed by atoms with Crippen LogP contribution in [0.3, 0.4) is 0 Å². The topological polar surface area (TPSA) is 107 Å². The van der Waals surface area contributed by atoms with E-state index in [1.54, 1.807) is 49.4 Å². The number of aromatic nitrogens is 3. The van der Waals surface area contributed by atoms with Gasteiger partial charge in [0.25, 0.3) is 5.91 Å². The number of carbonyl (C=O) groups excluding carboxylic acids is 2. The van der Waals surface area contributed by atoms with Gasteiger partial charge >= 0.3 is 0 Å². The van der Waals surface area contributed by atoms with E-state index in [1.165, 1.54) is 31.6 Å². The molecule has 150 valence electrons. The lowest BCUT2D eigenvalue weighted by Crippen LogP contribution is -2.24. The third-order valence-corrected chi connectivity index (χ3v) is 4.27. The molecule has 2 N–H and O–H groups in total. The molecule has 0 aliphatic heterocycles. The normalized spacial score (nSPS) is 11.4. The van der Waals surface area contributed by atoms with E-state index in [1.807, 2.05) is 0 Å². The van der Waals surface area contributed by atoms with Gasteiger partial charge < -0.3 is 20.1 Å². The lowest BCUT2D eigenvalue weighted by atomic mass is 10.1. The van der Waals surface area contributed by atoms with Crippen LogP contribution in [0.2, 0.25) is 0 Å². The van der Waals surface area contributed by atoms with E-state index in [0.29, 0.717) is 28.4 Å². The van der Waals surface area contributed by atoms with Crippen molar-refractivity contribution in [3.8, 4) is 11.5 Å². The Hall–Kier alpha value is -3.88. The van der Waals surface area contributed by atoms with Crippen LogP contribution in [0.25, 0.3) is 0 Å². The van der Waals surface area contributed by atoms with Crippen molar-refractivity contribution >= 4 is 23.2 Å². The van der Waals surface area contributed by atoms with E-state index < -0.39 is 6.04 Å². The summed E-state index contributed by atoms with van der Waals surface area (Å²) in [7, 11) is 3.02. The van der Waals surface area contributed by atoms with E-state index in [2.05, 4.69) is 20.7 Å². The number of rotatable bonds is 7. The van der Waals surface area contributed by atoms with Crippen molar-refractivity contribution in [3.63, 3.8) is 0 Å². The standard InChI is InChI=1S/C20H21N5O4/c1-13(25-12-21-11-22-25)19(26)23-14-4-6-15(7-5-14)24-20(27)17-10-16(28-2)8-9-18(17)29-3/h4-13H,1-3H3,(H,23,26)(H,24,27). The van der Waals surface area contributed by atoms with Gasteiger partial charge in [-0.1, -0.05) is 0 Å². The SMILES string of the molecule is COc1ccc(OC)c(C(=O)Nc2ccc(NC(=O)C(C)n3cncn3)cc2)c1. The fourth-order valence-corrected chi connectivity index (χ4v) is 2.61. The van der Waals surface area contributed by atoms with Crippen molar-refractivity contribution in [2.24, 2.45) is 0 Å². The van der Waals surface area contributed by atoms with Gasteiger partial charge in [-0.25, -0.2) is 9.67 Å². The van der Waals surface area contributed by atoms with Crippen LogP contribution >= 0.6 is 0 Å². The lowest BCUT2D eigenvalue weighted by molar-refractivity contribution is -0.119. The molecule has 9 heteroatoms. The Bertz CT molecular complexity index is 987. The molecule has 3 aromatic rings. The molecule has 0 saturated carbocycles. The molecule has 0 aliphatic rings. The van der Waals surface area contributed by atoms with Gasteiger partial charge in [-0.15, -0.1) is 0 Å². The zero-order valence-corrected chi connectivity index (χ0v) is 16.2. The summed E-state index contributed by atoms with van der Waals surface area (Å²) in [6, 6.07) is 11.3. The first-order chi connectivity index (χ1) is 14.0. The minimum absolute atomic E-state index is 0.228. The molecule has 9 nitrogen and oxygen atoms in total. The number of nitrogens with one attached hydrogen (secondary N) is 2. The third-order valence-electron chi connectivity index (χ3n) is 4.27. The number of nitrogens with zero attached hydrogens (tertiary/aromatic N) is 3. The van der Waals surface area contributed by atoms with E-state index in [-0.39, 0.29) is 11.8 Å². The predicted octanol–water partition coefficient (Wildman–Crippen LogP) is 2.75. The predicted molar refractivity (Wildman–Crippen MR) is 107 cm³/mol. The van der Waals surface area contributed by atoms with Crippen molar-refractivity contribution in [3.05, 3.63) is 60.7 Å². The Morgan fingerprint density at radius 3 is 2.28 bits per heavy atom. The van der Waals surface area contributed by atoms with Crippen LogP contribution < -0.4 is 20.1 Å². The number of ether oxygens (including phenoxy) is 2. The van der Waals surface area contributed by atoms with E-state index >= 15 is 0 Å². The molecule has 0 bridgehead atoms. The number of methoxy groups -OCH3 is 2. The summed E-state index contributed by atoms with van der Waals surface area (Å²) < 4.78 is 11.9. The Labute approximate surface area is 167 Å². The molecular weight excluding hydrogens is 374 g/mol. The van der Waals surface area contributed by atoms with Crippen LogP contribution in [-0.2, 0) is 4.79 Å². The third kappa shape index (κ3) is 4.70. The first-order valence-corrected chi connectivity index (χ1v) is 8.80. The maximum Gasteiger partial charge on any atom is 0.259 e. The first-order valence-electron chi connectivity index (χ1n) is 8.80. The number of hydrogen-bond donors (Lipinski definition) is 2. The van der Waals surface area contributed by atoms with E-state index in [9.17, 15) is 9.59 Å². The summed E-state index contributed by atoms with van der Waals surface area (Å²) in [5, 5.41) is 9.56. The molecule has 1 unspecified atom stereocenters. The molecule has 0 aliphatic carbocycles. The van der Waals surface area contributed by atoms with Gasteiger partial charge in [0, 0.05) is 11.4 Å². The first kappa shape index (κ1) is 19.9. The van der Waals surface area contributed by atoms with Crippen molar-refractivity contribution in [2.75, 3.05) is 24.9 Å². The minimum atomic E-state index is -0.502. The van der Waals surface area contributed by atoms with Gasteiger partial charge in [0.05, 0.1) is 19.8 Å². The molecule has 2 amide bonds. The summed E-state index contributed by atoms with van der Waals surface area (Å²) >= 11 is 0. The Kier molecular flexibility index (Phi) is 6.08. The second kappa shape index (κ2) is 8.87. The average Bonchev–Trinajstić information content (AvgIpc) is 3.28. The van der Waals surface area contributed by atoms with Crippen LogP contribution in [0.5, 0.6) is 11.5 Å². The lowest BCUT2D eigenvalue weighted by Gasteiger charge is -2.13. The number of benzene rings is 2. The molecule has 0 fully saturated rings. The van der Waals surface area contributed by atoms with Crippen LogP contribution in [0.15, 0.2) is 55.1 Å². The molecule has 3 rings (SSSR count). The average molecular weight is 395 g/mol. The van der Waals surface area contributed by atoms with Crippen molar-refractivity contribution in [1.82, 2.24) is 14.8 Å². The molecule has 29 heavy (non-hydrogen) atoms. The van der Waals surface area contributed by atoms with Gasteiger partial charge in [-0.2, -0.15) is 5.10 Å². The number of carbonyl (C=O) groups is 2. The summed E-state index contributed by atoms with van der Waals surface area (Å²) in [4.78, 5) is 28.7. The highest BCUT2D eigenvalue weighted by molar-refractivity contribution is 6.06. The Morgan fingerprint density at radius 1 is 1.00 bits per heavy atom. The summed E-state index contributed by atoms with van der Waals surface area (Å²) in [5.41, 5.74) is 1.52. The molecule has 2 aromatic carbocycles. The van der Waals surface area contributed by atoms with Gasteiger partial charge in [0.1, 0.15) is 30.2 Å². The number of amides is 2. The molecule has 0 radical (unpaired) electrons. The zero-order chi connectivity index (χ0) is 20.8. The number of hydrogen-bond acceptors (Lipinski definition) is 6. The molecule has 1 heterocycles. The largest absolute Gasteiger partial charge is 0.497 e. The van der Waals surface area contributed by atoms with Crippen molar-refractivity contribution in [1.29, 1.82) is 0 Å². The molecular formula is C20H21N5O4. The van der Waals surface area contributed by atoms with Crippen LogP contribution in [0.1, 0.15) is 23.3 Å². The summed E-state index contributed by atoms with van der Waals surface area (Å²) in [6.45, 7) is 1.72. The van der Waals surface area contributed by atoms with Crippen molar-refractivity contribution in [2.45, 2.75) is 13.0 Å². The Morgan fingerprint density at radius 2 is 1.69 bits per heavy atom. The highest BCUT2D eigenvalue weighted by atomic mass is 16.5. The molecule has 0 spiro atoms. The van der Waals surface area contributed by atoms with E-state index in [4.69, 9.17) is 9.47 Å². The zero-order valence-electron chi connectivity index (χ0n) is 16.2. The molecule has 1 atom stereocenters. The fraction of sp³-hybridized carbons (Fsp3) is 0.200. The Balaban J connectivity index is 1.66. The highest BCUT2D eigenvalue weighted by Crippen LogP contribution is 2.25.